The number of ether oxygens (including phenoxy) is 3. The van der Waals surface area contributed by atoms with Crippen molar-refractivity contribution in [1.82, 2.24) is 4.72 Å². The summed E-state index contributed by atoms with van der Waals surface area (Å²) in [6, 6.07) is 6.12. The number of nitrogens with one attached hydrogen (secondary N) is 1. The molecule has 0 aliphatic carbocycles. The number of rotatable bonds is 8. The lowest BCUT2D eigenvalue weighted by Crippen LogP contribution is -2.45. The maximum atomic E-state index is 12.8. The minimum Gasteiger partial charge on any atom is -0.486 e. The van der Waals surface area contributed by atoms with Crippen LogP contribution in [0.1, 0.15) is 23.5 Å². The first-order valence-corrected chi connectivity index (χ1v) is 11.7. The van der Waals surface area contributed by atoms with Crippen molar-refractivity contribution in [2.45, 2.75) is 24.8 Å². The lowest BCUT2D eigenvalue weighted by Gasteiger charge is -2.22. The van der Waals surface area contributed by atoms with Crippen LogP contribution in [0, 0.1) is 5.92 Å². The number of halogens is 1. The summed E-state index contributed by atoms with van der Waals surface area (Å²) in [7, 11) is -4.06. The molecule has 0 saturated heterocycles. The van der Waals surface area contributed by atoms with Crippen LogP contribution in [0.15, 0.2) is 35.2 Å². The number of benzene rings is 1. The van der Waals surface area contributed by atoms with E-state index in [-0.39, 0.29) is 4.90 Å². The van der Waals surface area contributed by atoms with Crippen LogP contribution in [0.4, 0.5) is 0 Å². The van der Waals surface area contributed by atoms with Gasteiger partial charge in [0, 0.05) is 6.07 Å². The van der Waals surface area contributed by atoms with Crippen LogP contribution in [0.3, 0.4) is 0 Å². The summed E-state index contributed by atoms with van der Waals surface area (Å²) < 4.78 is 44.3. The number of esters is 1. The van der Waals surface area contributed by atoms with E-state index in [4.69, 9.17) is 25.8 Å². The Hall–Kier alpha value is -2.14. The van der Waals surface area contributed by atoms with Crippen molar-refractivity contribution in [3.05, 3.63) is 39.5 Å². The summed E-state index contributed by atoms with van der Waals surface area (Å²) in [5.41, 5.74) is 0. The molecule has 0 spiro atoms. The summed E-state index contributed by atoms with van der Waals surface area (Å²) in [6.07, 6.45) is 0. The van der Waals surface area contributed by atoms with Crippen molar-refractivity contribution < 1.29 is 32.2 Å². The van der Waals surface area contributed by atoms with Crippen LogP contribution in [0.25, 0.3) is 0 Å². The van der Waals surface area contributed by atoms with Gasteiger partial charge in [-0.05, 0) is 30.2 Å². The molecule has 1 N–H and O–H groups in total. The Labute approximate surface area is 183 Å². The Morgan fingerprint density at radius 2 is 1.87 bits per heavy atom. The molecule has 0 bridgehead atoms. The third-order valence-corrected chi connectivity index (χ3v) is 6.93. The summed E-state index contributed by atoms with van der Waals surface area (Å²) >= 11 is 6.87. The number of carbonyl (C=O) groups excluding carboxylic acids is 2. The van der Waals surface area contributed by atoms with Gasteiger partial charge in [0.05, 0.1) is 14.1 Å². The van der Waals surface area contributed by atoms with Crippen LogP contribution in [0.5, 0.6) is 11.5 Å². The Balaban J connectivity index is 1.69. The second kappa shape index (κ2) is 9.34. The van der Waals surface area contributed by atoms with E-state index in [1.165, 1.54) is 24.3 Å². The molecule has 2 heterocycles. The lowest BCUT2D eigenvalue weighted by atomic mass is 10.1. The summed E-state index contributed by atoms with van der Waals surface area (Å²) in [5, 5.41) is 0. The number of hydrogen-bond acceptors (Lipinski definition) is 8. The number of hydrogen-bond donors (Lipinski definition) is 1. The number of fused-ring (bicyclic) bond motifs is 1. The number of sulfonamides is 1. The molecule has 1 aromatic heterocycles. The first-order valence-electron chi connectivity index (χ1n) is 9.04. The van der Waals surface area contributed by atoms with E-state index in [2.05, 4.69) is 4.72 Å². The molecule has 2 aromatic rings. The van der Waals surface area contributed by atoms with Gasteiger partial charge in [-0.2, -0.15) is 4.72 Å². The standard InChI is InChI=1S/C19H20ClNO7S2/c1-11(2)18(19(23)28-10-13(22)16-5-6-17(20)29-16)21-30(24,25)12-3-4-14-15(9-12)27-8-7-26-14/h3-6,9,11,18,21H,7-8,10H2,1-2H3/t18-/m1/s1. The highest BCUT2D eigenvalue weighted by molar-refractivity contribution is 7.89. The molecule has 3 rings (SSSR count). The molecular formula is C19H20ClNO7S2. The lowest BCUT2D eigenvalue weighted by molar-refractivity contribution is -0.145. The molecule has 0 unspecified atom stereocenters. The molecule has 0 saturated carbocycles. The zero-order valence-electron chi connectivity index (χ0n) is 16.2. The Morgan fingerprint density at radius 1 is 1.17 bits per heavy atom. The van der Waals surface area contributed by atoms with Gasteiger partial charge in [0.15, 0.2) is 18.1 Å². The van der Waals surface area contributed by atoms with E-state index in [1.54, 1.807) is 19.9 Å². The molecule has 162 valence electrons. The van der Waals surface area contributed by atoms with Gasteiger partial charge in [-0.15, -0.1) is 11.3 Å². The average Bonchev–Trinajstić information content (AvgIpc) is 3.16. The van der Waals surface area contributed by atoms with E-state index >= 15 is 0 Å². The van der Waals surface area contributed by atoms with Gasteiger partial charge in [0.2, 0.25) is 15.8 Å². The Morgan fingerprint density at radius 3 is 2.50 bits per heavy atom. The van der Waals surface area contributed by atoms with Gasteiger partial charge < -0.3 is 14.2 Å². The monoisotopic (exact) mass is 473 g/mol. The van der Waals surface area contributed by atoms with Gasteiger partial charge in [-0.3, -0.25) is 9.59 Å². The minimum absolute atomic E-state index is 0.0745. The van der Waals surface area contributed by atoms with Gasteiger partial charge >= 0.3 is 5.97 Å². The quantitative estimate of drug-likeness (QED) is 0.463. The summed E-state index contributed by atoms with van der Waals surface area (Å²) in [4.78, 5) is 24.9. The van der Waals surface area contributed by atoms with Crippen molar-refractivity contribution in [2.24, 2.45) is 5.92 Å². The van der Waals surface area contributed by atoms with E-state index in [0.717, 1.165) is 11.3 Å². The third-order valence-electron chi connectivity index (χ3n) is 4.22. The van der Waals surface area contributed by atoms with E-state index < -0.39 is 40.3 Å². The highest BCUT2D eigenvalue weighted by Gasteiger charge is 2.31. The fourth-order valence-corrected chi connectivity index (χ4v) is 4.96. The Kier molecular flexibility index (Phi) is 7.02. The van der Waals surface area contributed by atoms with E-state index in [0.29, 0.717) is 33.9 Å². The predicted molar refractivity (Wildman–Crippen MR) is 111 cm³/mol. The van der Waals surface area contributed by atoms with Crippen molar-refractivity contribution >= 4 is 44.7 Å². The largest absolute Gasteiger partial charge is 0.486 e. The van der Waals surface area contributed by atoms with Crippen LogP contribution < -0.4 is 14.2 Å². The van der Waals surface area contributed by atoms with Crippen LogP contribution in [-0.2, 0) is 19.6 Å². The van der Waals surface area contributed by atoms with E-state index in [9.17, 15) is 18.0 Å². The normalized spacial score (nSPS) is 14.4. The molecule has 8 nitrogen and oxygen atoms in total. The van der Waals surface area contributed by atoms with E-state index in [1.807, 2.05) is 0 Å². The number of thiophene rings is 1. The first-order chi connectivity index (χ1) is 14.2. The molecule has 0 amide bonds. The van der Waals surface area contributed by atoms with Gasteiger partial charge in [0.25, 0.3) is 0 Å². The number of ketones is 1. The smallest absolute Gasteiger partial charge is 0.324 e. The SMILES string of the molecule is CC(C)[C@@H](NS(=O)(=O)c1ccc2c(c1)OCCO2)C(=O)OCC(=O)c1ccc(Cl)s1. The average molecular weight is 474 g/mol. The predicted octanol–water partition coefficient (Wildman–Crippen LogP) is 2.90. The summed E-state index contributed by atoms with van der Waals surface area (Å²) in [6.45, 7) is 3.52. The van der Waals surface area contributed by atoms with Crippen LogP contribution >= 0.6 is 22.9 Å². The first kappa shape index (κ1) is 22.5. The third kappa shape index (κ3) is 5.31. The van der Waals surface area contributed by atoms with Crippen molar-refractivity contribution in [2.75, 3.05) is 19.8 Å². The fraction of sp³-hybridized carbons (Fsp3) is 0.368. The molecule has 30 heavy (non-hydrogen) atoms. The Bertz CT molecular complexity index is 1050. The maximum absolute atomic E-state index is 12.8. The molecule has 1 aromatic carbocycles. The zero-order chi connectivity index (χ0) is 21.9. The van der Waals surface area contributed by atoms with Crippen molar-refractivity contribution in [1.29, 1.82) is 0 Å². The second-order valence-electron chi connectivity index (χ2n) is 6.78. The highest BCUT2D eigenvalue weighted by Crippen LogP contribution is 2.32. The molecule has 0 fully saturated rings. The number of Topliss-reactive ketones (excluding diaryl/α,β-unsaturated/α-hetero) is 1. The van der Waals surface area contributed by atoms with Crippen molar-refractivity contribution in [3.8, 4) is 11.5 Å². The molecule has 0 radical (unpaired) electrons. The van der Waals surface area contributed by atoms with Crippen LogP contribution in [-0.4, -0.2) is 46.0 Å². The van der Waals surface area contributed by atoms with Gasteiger partial charge in [0.1, 0.15) is 19.3 Å². The summed E-state index contributed by atoms with van der Waals surface area (Å²) in [5.74, 6) is -0.921. The molecule has 1 atom stereocenters. The molecular weight excluding hydrogens is 454 g/mol. The second-order valence-corrected chi connectivity index (χ2v) is 10.2. The zero-order valence-corrected chi connectivity index (χ0v) is 18.6. The minimum atomic E-state index is -4.06. The van der Waals surface area contributed by atoms with Crippen LogP contribution in [0.2, 0.25) is 4.34 Å². The fourth-order valence-electron chi connectivity index (χ4n) is 2.64. The topological polar surface area (TPSA) is 108 Å². The number of carbonyl (C=O) groups is 2. The van der Waals surface area contributed by atoms with Gasteiger partial charge in [-0.25, -0.2) is 8.42 Å². The molecule has 11 heteroatoms. The molecule has 1 aliphatic rings. The molecule has 1 aliphatic heterocycles. The maximum Gasteiger partial charge on any atom is 0.324 e. The van der Waals surface area contributed by atoms with Gasteiger partial charge in [-0.1, -0.05) is 25.4 Å². The highest BCUT2D eigenvalue weighted by atomic mass is 35.5. The van der Waals surface area contributed by atoms with Crippen molar-refractivity contribution in [3.63, 3.8) is 0 Å².